The van der Waals surface area contributed by atoms with Gasteiger partial charge in [-0.3, -0.25) is 19.2 Å². The van der Waals surface area contributed by atoms with Crippen LogP contribution in [0.25, 0.3) is 0 Å². The second kappa shape index (κ2) is 9.42. The Kier molecular flexibility index (Phi) is 6.69. The second-order valence-corrected chi connectivity index (χ2v) is 7.61. The Labute approximate surface area is 180 Å². The van der Waals surface area contributed by atoms with Gasteiger partial charge in [0.2, 0.25) is 11.8 Å². The summed E-state index contributed by atoms with van der Waals surface area (Å²) in [5.74, 6) is -2.01. The molecule has 0 spiro atoms. The Balaban J connectivity index is 1.50. The van der Waals surface area contributed by atoms with Crippen molar-refractivity contribution in [3.63, 3.8) is 0 Å². The van der Waals surface area contributed by atoms with Gasteiger partial charge in [0.15, 0.2) is 6.61 Å². The summed E-state index contributed by atoms with van der Waals surface area (Å²) in [6, 6.07) is 12.3. The number of carbonyl (C=O) groups excluding carboxylic acids is 4. The van der Waals surface area contributed by atoms with E-state index in [9.17, 15) is 19.2 Å². The Morgan fingerprint density at radius 2 is 1.68 bits per heavy atom. The standard InChI is InChI=1S/C23H25N3O5/c1-14-4-9-20(15(2)10-14)26-12-17(11-22(26)29)23(30)31-13-21(28)25-19-7-5-18(6-8-19)24-16(3)27/h4-10,17H,11-13H2,1-3H3,(H,24,27)(H,25,28)/t17-/m0/s1. The predicted octanol–water partition coefficient (Wildman–Crippen LogP) is 2.80. The quantitative estimate of drug-likeness (QED) is 0.695. The van der Waals surface area contributed by atoms with E-state index in [0.29, 0.717) is 11.4 Å². The van der Waals surface area contributed by atoms with Gasteiger partial charge in [0.05, 0.1) is 5.92 Å². The Morgan fingerprint density at radius 3 is 2.29 bits per heavy atom. The van der Waals surface area contributed by atoms with E-state index in [1.165, 1.54) is 6.92 Å². The van der Waals surface area contributed by atoms with Crippen LogP contribution >= 0.6 is 0 Å². The monoisotopic (exact) mass is 423 g/mol. The van der Waals surface area contributed by atoms with E-state index in [2.05, 4.69) is 10.6 Å². The third-order valence-corrected chi connectivity index (χ3v) is 4.94. The lowest BCUT2D eigenvalue weighted by Crippen LogP contribution is -2.28. The van der Waals surface area contributed by atoms with Crippen LogP contribution in [0.2, 0.25) is 0 Å². The minimum atomic E-state index is -0.613. The molecule has 1 atom stereocenters. The zero-order valence-corrected chi connectivity index (χ0v) is 17.7. The fraction of sp³-hybridized carbons (Fsp3) is 0.304. The molecule has 1 heterocycles. The molecule has 0 bridgehead atoms. The molecule has 0 unspecified atom stereocenters. The first-order chi connectivity index (χ1) is 14.7. The van der Waals surface area contributed by atoms with Gasteiger partial charge in [0.25, 0.3) is 5.91 Å². The van der Waals surface area contributed by atoms with Crippen LogP contribution in [-0.2, 0) is 23.9 Å². The Morgan fingerprint density at radius 1 is 1.03 bits per heavy atom. The highest BCUT2D eigenvalue weighted by molar-refractivity contribution is 6.00. The van der Waals surface area contributed by atoms with Crippen molar-refractivity contribution in [3.8, 4) is 0 Å². The molecule has 1 saturated heterocycles. The van der Waals surface area contributed by atoms with E-state index >= 15 is 0 Å². The molecule has 0 aliphatic carbocycles. The number of ether oxygens (including phenoxy) is 1. The molecule has 1 aliphatic heterocycles. The van der Waals surface area contributed by atoms with E-state index in [-0.39, 0.29) is 24.8 Å². The van der Waals surface area contributed by atoms with Crippen LogP contribution in [-0.4, -0.2) is 36.8 Å². The number of aryl methyl sites for hydroxylation is 2. The molecule has 1 fully saturated rings. The summed E-state index contributed by atoms with van der Waals surface area (Å²) in [6.45, 7) is 5.09. The SMILES string of the molecule is CC(=O)Nc1ccc(NC(=O)COC(=O)[C@H]2CC(=O)N(c3ccc(C)cc3C)C2)cc1. The number of carbonyl (C=O) groups is 4. The summed E-state index contributed by atoms with van der Waals surface area (Å²) in [4.78, 5) is 49.5. The molecule has 0 saturated carbocycles. The summed E-state index contributed by atoms with van der Waals surface area (Å²) in [6.07, 6.45) is 0.0539. The number of hydrogen-bond acceptors (Lipinski definition) is 5. The lowest BCUT2D eigenvalue weighted by Gasteiger charge is -2.19. The Bertz CT molecular complexity index is 1020. The van der Waals surface area contributed by atoms with Crippen molar-refractivity contribution in [2.45, 2.75) is 27.2 Å². The van der Waals surface area contributed by atoms with Crippen LogP contribution in [0, 0.1) is 19.8 Å². The number of hydrogen-bond donors (Lipinski definition) is 2. The average molecular weight is 423 g/mol. The molecule has 2 aromatic carbocycles. The lowest BCUT2D eigenvalue weighted by molar-refractivity contribution is -0.151. The minimum absolute atomic E-state index is 0.0539. The number of rotatable bonds is 6. The maximum atomic E-state index is 12.4. The van der Waals surface area contributed by atoms with Crippen molar-refractivity contribution < 1.29 is 23.9 Å². The summed E-state index contributed by atoms with van der Waals surface area (Å²) in [5.41, 5.74) is 3.96. The summed E-state index contributed by atoms with van der Waals surface area (Å²) in [5, 5.41) is 5.25. The van der Waals surface area contributed by atoms with Gasteiger partial charge >= 0.3 is 5.97 Å². The van der Waals surface area contributed by atoms with E-state index in [0.717, 1.165) is 16.8 Å². The van der Waals surface area contributed by atoms with Crippen LogP contribution in [0.3, 0.4) is 0 Å². The van der Waals surface area contributed by atoms with Gasteiger partial charge in [0, 0.05) is 37.0 Å². The molecule has 0 aromatic heterocycles. The van der Waals surface area contributed by atoms with E-state index in [1.807, 2.05) is 32.0 Å². The topological polar surface area (TPSA) is 105 Å². The maximum Gasteiger partial charge on any atom is 0.311 e. The first kappa shape index (κ1) is 22.0. The zero-order chi connectivity index (χ0) is 22.5. The maximum absolute atomic E-state index is 12.4. The third-order valence-electron chi connectivity index (χ3n) is 4.94. The largest absolute Gasteiger partial charge is 0.455 e. The number of esters is 1. The molecule has 162 valence electrons. The van der Waals surface area contributed by atoms with E-state index < -0.39 is 24.4 Å². The minimum Gasteiger partial charge on any atom is -0.455 e. The molecular formula is C23H25N3O5. The number of anilines is 3. The van der Waals surface area contributed by atoms with Gasteiger partial charge in [-0.15, -0.1) is 0 Å². The van der Waals surface area contributed by atoms with Crippen LogP contribution < -0.4 is 15.5 Å². The molecule has 3 amide bonds. The van der Waals surface area contributed by atoms with Crippen LogP contribution in [0.4, 0.5) is 17.1 Å². The average Bonchev–Trinajstić information content (AvgIpc) is 3.09. The number of nitrogens with zero attached hydrogens (tertiary/aromatic N) is 1. The third kappa shape index (κ3) is 5.69. The molecule has 0 radical (unpaired) electrons. The number of amides is 3. The number of nitrogens with one attached hydrogen (secondary N) is 2. The zero-order valence-electron chi connectivity index (χ0n) is 17.7. The number of benzene rings is 2. The normalized spacial score (nSPS) is 15.5. The fourth-order valence-electron chi connectivity index (χ4n) is 3.50. The molecule has 8 nitrogen and oxygen atoms in total. The Hall–Kier alpha value is -3.68. The van der Waals surface area contributed by atoms with Crippen molar-refractivity contribution in [2.75, 3.05) is 28.7 Å². The molecular weight excluding hydrogens is 398 g/mol. The van der Waals surface area contributed by atoms with Gasteiger partial charge in [-0.1, -0.05) is 17.7 Å². The molecule has 2 aromatic rings. The van der Waals surface area contributed by atoms with Gasteiger partial charge in [-0.25, -0.2) is 0 Å². The molecule has 3 rings (SSSR count). The lowest BCUT2D eigenvalue weighted by atomic mass is 10.1. The fourth-order valence-corrected chi connectivity index (χ4v) is 3.50. The van der Waals surface area contributed by atoms with Gasteiger partial charge in [-0.05, 0) is 49.7 Å². The van der Waals surface area contributed by atoms with Crippen LogP contribution in [0.1, 0.15) is 24.5 Å². The second-order valence-electron chi connectivity index (χ2n) is 7.61. The van der Waals surface area contributed by atoms with Crippen molar-refractivity contribution in [3.05, 3.63) is 53.6 Å². The molecule has 31 heavy (non-hydrogen) atoms. The highest BCUT2D eigenvalue weighted by Crippen LogP contribution is 2.29. The summed E-state index contributed by atoms with van der Waals surface area (Å²) >= 11 is 0. The molecule has 2 N–H and O–H groups in total. The highest BCUT2D eigenvalue weighted by atomic mass is 16.5. The van der Waals surface area contributed by atoms with Gasteiger partial charge in [-0.2, -0.15) is 0 Å². The smallest absolute Gasteiger partial charge is 0.311 e. The van der Waals surface area contributed by atoms with Gasteiger partial charge in [0.1, 0.15) is 0 Å². The van der Waals surface area contributed by atoms with Crippen molar-refractivity contribution >= 4 is 40.8 Å². The summed E-state index contributed by atoms with van der Waals surface area (Å²) in [7, 11) is 0. The first-order valence-corrected chi connectivity index (χ1v) is 9.94. The predicted molar refractivity (Wildman–Crippen MR) is 117 cm³/mol. The van der Waals surface area contributed by atoms with Crippen molar-refractivity contribution in [1.82, 2.24) is 0 Å². The summed E-state index contributed by atoms with van der Waals surface area (Å²) < 4.78 is 5.13. The van der Waals surface area contributed by atoms with Crippen molar-refractivity contribution in [1.29, 1.82) is 0 Å². The van der Waals surface area contributed by atoms with Crippen LogP contribution in [0.5, 0.6) is 0 Å². The highest BCUT2D eigenvalue weighted by Gasteiger charge is 2.36. The van der Waals surface area contributed by atoms with E-state index in [1.54, 1.807) is 29.2 Å². The van der Waals surface area contributed by atoms with Gasteiger partial charge < -0.3 is 20.3 Å². The van der Waals surface area contributed by atoms with Crippen LogP contribution in [0.15, 0.2) is 42.5 Å². The van der Waals surface area contributed by atoms with E-state index in [4.69, 9.17) is 4.74 Å². The van der Waals surface area contributed by atoms with Crippen molar-refractivity contribution in [2.24, 2.45) is 5.92 Å². The molecule has 1 aliphatic rings. The molecule has 8 heteroatoms. The first-order valence-electron chi connectivity index (χ1n) is 9.94.